The molecule has 0 aliphatic carbocycles. The molecule has 0 unspecified atom stereocenters. The lowest BCUT2D eigenvalue weighted by Gasteiger charge is -2.06. The van der Waals surface area contributed by atoms with Crippen LogP contribution in [0.15, 0.2) is 72.3 Å². The summed E-state index contributed by atoms with van der Waals surface area (Å²) in [6, 6.07) is 19.1. The molecule has 3 aromatic carbocycles. The summed E-state index contributed by atoms with van der Waals surface area (Å²) in [6.07, 6.45) is 3.55. The zero-order valence-electron chi connectivity index (χ0n) is 14.0. The minimum absolute atomic E-state index is 0.357. The number of hydrogen-bond donors (Lipinski definition) is 0. The van der Waals surface area contributed by atoms with Crippen molar-refractivity contribution in [3.05, 3.63) is 88.5 Å². The first-order chi connectivity index (χ1) is 12.6. The van der Waals surface area contributed by atoms with Crippen molar-refractivity contribution in [1.82, 2.24) is 0 Å². The molecule has 1 aliphatic heterocycles. The van der Waals surface area contributed by atoms with Crippen LogP contribution in [-0.4, -0.2) is 13.1 Å². The smallest absolute Gasteiger partial charge is 0.343 e. The van der Waals surface area contributed by atoms with Gasteiger partial charge >= 0.3 is 5.97 Å². The minimum atomic E-state index is -0.357. The van der Waals surface area contributed by atoms with Gasteiger partial charge in [0.25, 0.3) is 0 Å². The Morgan fingerprint density at radius 2 is 1.69 bits per heavy atom. The van der Waals surface area contributed by atoms with E-state index in [1.165, 1.54) is 0 Å². The summed E-state index contributed by atoms with van der Waals surface area (Å²) in [5.41, 5.74) is 2.26. The van der Waals surface area contributed by atoms with Crippen molar-refractivity contribution in [3.8, 4) is 5.75 Å². The molecule has 0 saturated heterocycles. The SMILES string of the molecule is COc1ccc2cc(C3=C/C(=C/c4ccc(Cl)cc4)C(=O)O3)ccc2c1. The van der Waals surface area contributed by atoms with Crippen LogP contribution in [0.5, 0.6) is 5.75 Å². The van der Waals surface area contributed by atoms with E-state index in [1.54, 1.807) is 31.4 Å². The fourth-order valence-corrected chi connectivity index (χ4v) is 3.00. The van der Waals surface area contributed by atoms with E-state index in [-0.39, 0.29) is 5.97 Å². The van der Waals surface area contributed by atoms with E-state index in [0.717, 1.165) is 27.6 Å². The van der Waals surface area contributed by atoms with Gasteiger partial charge in [0.2, 0.25) is 0 Å². The van der Waals surface area contributed by atoms with Gasteiger partial charge in [-0.2, -0.15) is 0 Å². The molecule has 0 saturated carbocycles. The first kappa shape index (κ1) is 16.4. The summed E-state index contributed by atoms with van der Waals surface area (Å²) in [6.45, 7) is 0. The number of hydrogen-bond acceptors (Lipinski definition) is 3. The molecule has 128 valence electrons. The largest absolute Gasteiger partial charge is 0.497 e. The Morgan fingerprint density at radius 3 is 2.46 bits per heavy atom. The molecule has 4 heteroatoms. The highest BCUT2D eigenvalue weighted by atomic mass is 35.5. The van der Waals surface area contributed by atoms with Gasteiger partial charge in [0, 0.05) is 10.6 Å². The molecule has 0 bridgehead atoms. The Morgan fingerprint density at radius 1 is 0.962 bits per heavy atom. The average molecular weight is 363 g/mol. The van der Waals surface area contributed by atoms with E-state index in [4.69, 9.17) is 21.1 Å². The number of fused-ring (bicyclic) bond motifs is 1. The summed E-state index contributed by atoms with van der Waals surface area (Å²) in [4.78, 5) is 12.2. The third-order valence-electron chi connectivity index (χ3n) is 4.25. The van der Waals surface area contributed by atoms with E-state index in [1.807, 2.05) is 48.5 Å². The van der Waals surface area contributed by atoms with Gasteiger partial charge in [0.1, 0.15) is 11.5 Å². The summed E-state index contributed by atoms with van der Waals surface area (Å²) in [5.74, 6) is 1.00. The second-order valence-electron chi connectivity index (χ2n) is 5.98. The molecule has 0 N–H and O–H groups in total. The number of ether oxygens (including phenoxy) is 2. The van der Waals surface area contributed by atoms with Gasteiger partial charge in [0.05, 0.1) is 12.7 Å². The third-order valence-corrected chi connectivity index (χ3v) is 4.50. The second-order valence-corrected chi connectivity index (χ2v) is 6.41. The number of carbonyl (C=O) groups is 1. The predicted octanol–water partition coefficient (Wildman–Crippen LogP) is 5.48. The van der Waals surface area contributed by atoms with Gasteiger partial charge < -0.3 is 9.47 Å². The molecule has 3 aromatic rings. The number of carbonyl (C=O) groups excluding carboxylic acids is 1. The standard InChI is InChI=1S/C22H15ClO3/c1-25-20-9-6-15-11-17(5-4-16(15)12-20)21-13-18(22(24)26-21)10-14-2-7-19(23)8-3-14/h2-13H,1H3/b18-10-. The van der Waals surface area contributed by atoms with Crippen molar-refractivity contribution in [2.24, 2.45) is 0 Å². The number of halogens is 1. The van der Waals surface area contributed by atoms with Crippen LogP contribution in [0.1, 0.15) is 11.1 Å². The van der Waals surface area contributed by atoms with Crippen LogP contribution < -0.4 is 4.74 Å². The molecule has 0 atom stereocenters. The normalized spacial score (nSPS) is 15.2. The van der Waals surface area contributed by atoms with Crippen LogP contribution >= 0.6 is 11.6 Å². The number of rotatable bonds is 3. The maximum absolute atomic E-state index is 12.2. The van der Waals surface area contributed by atoms with Gasteiger partial charge in [-0.3, -0.25) is 0 Å². The molecule has 0 radical (unpaired) electrons. The maximum Gasteiger partial charge on any atom is 0.343 e. The fraction of sp³-hybridized carbons (Fsp3) is 0.0455. The van der Waals surface area contributed by atoms with Gasteiger partial charge in [-0.1, -0.05) is 41.9 Å². The van der Waals surface area contributed by atoms with Crippen molar-refractivity contribution in [2.45, 2.75) is 0 Å². The number of esters is 1. The fourth-order valence-electron chi connectivity index (χ4n) is 2.87. The van der Waals surface area contributed by atoms with Crippen LogP contribution in [0.2, 0.25) is 5.02 Å². The Bertz CT molecular complexity index is 1060. The predicted molar refractivity (Wildman–Crippen MR) is 104 cm³/mol. The van der Waals surface area contributed by atoms with Gasteiger partial charge in [0.15, 0.2) is 0 Å². The lowest BCUT2D eigenvalue weighted by Crippen LogP contribution is -1.97. The van der Waals surface area contributed by atoms with Crippen LogP contribution in [0.3, 0.4) is 0 Å². The molecule has 1 aliphatic rings. The van der Waals surface area contributed by atoms with E-state index in [2.05, 4.69) is 0 Å². The van der Waals surface area contributed by atoms with Crippen LogP contribution in [0.25, 0.3) is 22.6 Å². The summed E-state index contributed by atoms with van der Waals surface area (Å²) in [5, 5.41) is 2.77. The number of cyclic esters (lactones) is 1. The molecule has 1 heterocycles. The van der Waals surface area contributed by atoms with Crippen molar-refractivity contribution in [2.75, 3.05) is 7.11 Å². The Kier molecular flexibility index (Phi) is 4.23. The number of benzene rings is 3. The average Bonchev–Trinajstić information content (AvgIpc) is 3.03. The van der Waals surface area contributed by atoms with Crippen molar-refractivity contribution in [1.29, 1.82) is 0 Å². The third kappa shape index (κ3) is 3.22. The van der Waals surface area contributed by atoms with Gasteiger partial charge in [-0.05, 0) is 58.8 Å². The first-order valence-corrected chi connectivity index (χ1v) is 8.49. The molecule has 0 aromatic heterocycles. The highest BCUT2D eigenvalue weighted by Crippen LogP contribution is 2.30. The van der Waals surface area contributed by atoms with Gasteiger partial charge in [-0.25, -0.2) is 4.79 Å². The lowest BCUT2D eigenvalue weighted by atomic mass is 10.0. The van der Waals surface area contributed by atoms with E-state index in [9.17, 15) is 4.79 Å². The zero-order valence-corrected chi connectivity index (χ0v) is 14.8. The van der Waals surface area contributed by atoms with E-state index in [0.29, 0.717) is 16.4 Å². The minimum Gasteiger partial charge on any atom is -0.497 e. The quantitative estimate of drug-likeness (QED) is 0.457. The van der Waals surface area contributed by atoms with Crippen LogP contribution in [0, 0.1) is 0 Å². The first-order valence-electron chi connectivity index (χ1n) is 8.12. The molecule has 4 rings (SSSR count). The molecule has 0 fully saturated rings. The van der Waals surface area contributed by atoms with Crippen LogP contribution in [-0.2, 0) is 9.53 Å². The lowest BCUT2D eigenvalue weighted by molar-refractivity contribution is -0.130. The van der Waals surface area contributed by atoms with Crippen molar-refractivity contribution < 1.29 is 14.3 Å². The summed E-state index contributed by atoms with van der Waals surface area (Å²) >= 11 is 5.89. The topological polar surface area (TPSA) is 35.5 Å². The molecular weight excluding hydrogens is 348 g/mol. The van der Waals surface area contributed by atoms with Crippen LogP contribution in [0.4, 0.5) is 0 Å². The van der Waals surface area contributed by atoms with Crippen molar-refractivity contribution in [3.63, 3.8) is 0 Å². The maximum atomic E-state index is 12.2. The summed E-state index contributed by atoms with van der Waals surface area (Å²) in [7, 11) is 1.65. The highest BCUT2D eigenvalue weighted by Gasteiger charge is 2.22. The highest BCUT2D eigenvalue weighted by molar-refractivity contribution is 6.30. The zero-order chi connectivity index (χ0) is 18.1. The Labute approximate surface area is 156 Å². The van der Waals surface area contributed by atoms with Crippen molar-refractivity contribution >= 4 is 40.2 Å². The molecule has 26 heavy (non-hydrogen) atoms. The summed E-state index contributed by atoms with van der Waals surface area (Å²) < 4.78 is 10.7. The Balaban J connectivity index is 1.68. The second kappa shape index (κ2) is 6.70. The van der Waals surface area contributed by atoms with E-state index < -0.39 is 0 Å². The van der Waals surface area contributed by atoms with E-state index >= 15 is 0 Å². The van der Waals surface area contributed by atoms with Gasteiger partial charge in [-0.15, -0.1) is 0 Å². The molecular formula is C22H15ClO3. The monoisotopic (exact) mass is 362 g/mol. The molecule has 0 spiro atoms. The molecule has 3 nitrogen and oxygen atoms in total. The molecule has 0 amide bonds. The number of methoxy groups -OCH3 is 1. The Hall–Kier alpha value is -3.04.